The smallest absolute Gasteiger partial charge is 0.319 e. The first-order valence-electron chi connectivity index (χ1n) is 3.57. The molecule has 0 saturated carbocycles. The molecule has 0 aliphatic heterocycles. The lowest BCUT2D eigenvalue weighted by Crippen LogP contribution is -2.51. The van der Waals surface area contributed by atoms with Gasteiger partial charge in [0.25, 0.3) is 0 Å². The number of hydrogen-bond donors (Lipinski definition) is 3. The zero-order valence-corrected chi connectivity index (χ0v) is 7.07. The van der Waals surface area contributed by atoms with Gasteiger partial charge in [-0.2, -0.15) is 0 Å². The molecule has 0 aromatic carbocycles. The Balaban J connectivity index is 4.74. The van der Waals surface area contributed by atoms with Crippen molar-refractivity contribution in [1.29, 1.82) is 0 Å². The van der Waals surface area contributed by atoms with Crippen LogP contribution in [0.2, 0.25) is 0 Å². The van der Waals surface area contributed by atoms with Crippen LogP contribution in [0.4, 0.5) is 0 Å². The second kappa shape index (κ2) is 3.53. The molecule has 5 heteroatoms. The van der Waals surface area contributed by atoms with Gasteiger partial charge >= 0.3 is 11.9 Å². The van der Waals surface area contributed by atoms with Gasteiger partial charge in [-0.05, 0) is 13.3 Å². The number of carboxylic acid groups (broad SMARTS) is 2. The number of carbonyl (C=O) groups is 2. The largest absolute Gasteiger partial charge is 0.481 e. The molecule has 0 amide bonds. The number of aliphatic carboxylic acids is 2. The van der Waals surface area contributed by atoms with Crippen molar-refractivity contribution in [2.24, 2.45) is 11.7 Å². The molecule has 0 rings (SSSR count). The lowest BCUT2D eigenvalue weighted by molar-refractivity contribution is -0.157. The van der Waals surface area contributed by atoms with Gasteiger partial charge < -0.3 is 15.9 Å². The molecule has 0 aromatic rings. The highest BCUT2D eigenvalue weighted by Crippen LogP contribution is 2.18. The summed E-state index contributed by atoms with van der Waals surface area (Å²) >= 11 is 0. The van der Waals surface area contributed by atoms with Crippen molar-refractivity contribution in [2.75, 3.05) is 0 Å². The van der Waals surface area contributed by atoms with Crippen LogP contribution in [0.3, 0.4) is 0 Å². The van der Waals surface area contributed by atoms with Crippen LogP contribution >= 0.6 is 0 Å². The summed E-state index contributed by atoms with van der Waals surface area (Å²) in [6.07, 6.45) is 0.302. The summed E-state index contributed by atoms with van der Waals surface area (Å²) in [6.45, 7) is 3.07. The van der Waals surface area contributed by atoms with E-state index < -0.39 is 23.4 Å². The van der Waals surface area contributed by atoms with E-state index >= 15 is 0 Å². The third kappa shape index (κ3) is 2.20. The lowest BCUT2D eigenvalue weighted by Gasteiger charge is -2.26. The van der Waals surface area contributed by atoms with Crippen molar-refractivity contribution in [2.45, 2.75) is 25.8 Å². The van der Waals surface area contributed by atoms with Crippen molar-refractivity contribution >= 4 is 11.9 Å². The molecule has 0 aliphatic rings. The zero-order valence-electron chi connectivity index (χ0n) is 7.07. The van der Waals surface area contributed by atoms with Gasteiger partial charge in [-0.25, -0.2) is 0 Å². The Labute approximate surface area is 70.2 Å². The maximum absolute atomic E-state index is 10.5. The Hall–Kier alpha value is -1.10. The van der Waals surface area contributed by atoms with E-state index in [1.54, 1.807) is 6.92 Å². The molecule has 1 atom stereocenters. The molecule has 0 radical (unpaired) electrons. The second-order valence-electron chi connectivity index (χ2n) is 2.97. The van der Waals surface area contributed by atoms with Gasteiger partial charge in [-0.3, -0.25) is 9.59 Å². The molecule has 0 bridgehead atoms. The quantitative estimate of drug-likeness (QED) is 0.518. The summed E-state index contributed by atoms with van der Waals surface area (Å²) in [6, 6.07) is 0. The monoisotopic (exact) mass is 175 g/mol. The Bertz CT molecular complexity index is 186. The Kier molecular flexibility index (Phi) is 3.21. The average Bonchev–Trinajstić information content (AvgIpc) is 1.84. The first kappa shape index (κ1) is 10.9. The standard InChI is InChI=1S/C7H13NO4/c1-3-7(2,8)4(5(9)10)6(11)12/h4H,3,8H2,1-2H3,(H,9,10)(H,11,12). The van der Waals surface area contributed by atoms with Gasteiger partial charge in [-0.15, -0.1) is 0 Å². The van der Waals surface area contributed by atoms with Gasteiger partial charge in [0.15, 0.2) is 5.92 Å². The number of rotatable bonds is 4. The van der Waals surface area contributed by atoms with Gasteiger partial charge in [0.05, 0.1) is 0 Å². The van der Waals surface area contributed by atoms with Gasteiger partial charge in [0.1, 0.15) is 0 Å². The van der Waals surface area contributed by atoms with E-state index in [1.807, 2.05) is 0 Å². The van der Waals surface area contributed by atoms with Crippen LogP contribution in [0.25, 0.3) is 0 Å². The molecule has 0 fully saturated rings. The number of hydrogen-bond acceptors (Lipinski definition) is 3. The fourth-order valence-corrected chi connectivity index (χ4v) is 0.874. The van der Waals surface area contributed by atoms with Crippen LogP contribution < -0.4 is 5.73 Å². The van der Waals surface area contributed by atoms with Gasteiger partial charge in [0, 0.05) is 5.54 Å². The van der Waals surface area contributed by atoms with Gasteiger partial charge in [-0.1, -0.05) is 6.92 Å². The third-order valence-electron chi connectivity index (χ3n) is 1.92. The predicted octanol–water partition coefficient (Wildman–Crippen LogP) is -0.101. The summed E-state index contributed by atoms with van der Waals surface area (Å²) < 4.78 is 0. The zero-order chi connectivity index (χ0) is 9.94. The molecule has 0 aromatic heterocycles. The van der Waals surface area contributed by atoms with Crippen LogP contribution in [-0.4, -0.2) is 27.7 Å². The molecule has 0 heterocycles. The summed E-state index contributed by atoms with van der Waals surface area (Å²) in [5.41, 5.74) is 4.30. The van der Waals surface area contributed by atoms with Crippen LogP contribution in [0.15, 0.2) is 0 Å². The Morgan fingerprint density at radius 2 is 1.75 bits per heavy atom. The summed E-state index contributed by atoms with van der Waals surface area (Å²) in [4.78, 5) is 21.0. The topological polar surface area (TPSA) is 101 Å². The highest BCUT2D eigenvalue weighted by atomic mass is 16.4. The highest BCUT2D eigenvalue weighted by Gasteiger charge is 2.40. The van der Waals surface area contributed by atoms with E-state index in [-0.39, 0.29) is 0 Å². The summed E-state index contributed by atoms with van der Waals surface area (Å²) in [5.74, 6) is -4.33. The minimum Gasteiger partial charge on any atom is -0.481 e. The fourth-order valence-electron chi connectivity index (χ4n) is 0.874. The van der Waals surface area contributed by atoms with Crippen molar-refractivity contribution in [3.63, 3.8) is 0 Å². The highest BCUT2D eigenvalue weighted by molar-refractivity contribution is 5.94. The summed E-state index contributed by atoms with van der Waals surface area (Å²) in [5, 5.41) is 17.1. The molecule has 12 heavy (non-hydrogen) atoms. The molecular formula is C7H13NO4. The van der Waals surface area contributed by atoms with Crippen molar-refractivity contribution in [3.8, 4) is 0 Å². The van der Waals surface area contributed by atoms with E-state index in [0.29, 0.717) is 6.42 Å². The van der Waals surface area contributed by atoms with Crippen LogP contribution in [0.5, 0.6) is 0 Å². The maximum atomic E-state index is 10.5. The molecule has 0 aliphatic carbocycles. The lowest BCUT2D eigenvalue weighted by atomic mass is 9.84. The van der Waals surface area contributed by atoms with E-state index in [2.05, 4.69) is 0 Å². The second-order valence-corrected chi connectivity index (χ2v) is 2.97. The Morgan fingerprint density at radius 1 is 1.42 bits per heavy atom. The van der Waals surface area contributed by atoms with Crippen LogP contribution in [-0.2, 0) is 9.59 Å². The molecule has 5 nitrogen and oxygen atoms in total. The molecule has 0 spiro atoms. The fraction of sp³-hybridized carbons (Fsp3) is 0.714. The number of carboxylic acids is 2. The first-order chi connectivity index (χ1) is 5.33. The average molecular weight is 175 g/mol. The normalized spacial score (nSPS) is 15.7. The molecule has 0 saturated heterocycles. The van der Waals surface area contributed by atoms with Crippen molar-refractivity contribution in [3.05, 3.63) is 0 Å². The minimum absolute atomic E-state index is 0.302. The van der Waals surface area contributed by atoms with Crippen molar-refractivity contribution in [1.82, 2.24) is 0 Å². The van der Waals surface area contributed by atoms with E-state index in [4.69, 9.17) is 15.9 Å². The SMILES string of the molecule is CCC(C)(N)C(C(=O)O)C(=O)O. The Morgan fingerprint density at radius 3 is 1.83 bits per heavy atom. The van der Waals surface area contributed by atoms with Crippen molar-refractivity contribution < 1.29 is 19.8 Å². The molecule has 4 N–H and O–H groups in total. The minimum atomic E-state index is -1.54. The number of nitrogens with two attached hydrogens (primary N) is 1. The molecule has 1 unspecified atom stereocenters. The van der Waals surface area contributed by atoms with E-state index in [0.717, 1.165) is 0 Å². The first-order valence-corrected chi connectivity index (χ1v) is 3.57. The van der Waals surface area contributed by atoms with E-state index in [1.165, 1.54) is 6.92 Å². The third-order valence-corrected chi connectivity index (χ3v) is 1.92. The maximum Gasteiger partial charge on any atom is 0.319 e. The van der Waals surface area contributed by atoms with Crippen LogP contribution in [0, 0.1) is 5.92 Å². The van der Waals surface area contributed by atoms with E-state index in [9.17, 15) is 9.59 Å². The molecular weight excluding hydrogens is 162 g/mol. The van der Waals surface area contributed by atoms with Gasteiger partial charge in [0.2, 0.25) is 0 Å². The predicted molar refractivity (Wildman–Crippen MR) is 41.6 cm³/mol. The summed E-state index contributed by atoms with van der Waals surface area (Å²) in [7, 11) is 0. The molecule has 70 valence electrons. The van der Waals surface area contributed by atoms with Crippen LogP contribution in [0.1, 0.15) is 20.3 Å².